The maximum Gasteiger partial charge on any atom is 0.267 e. The maximum atomic E-state index is 12.2. The first-order valence-corrected chi connectivity index (χ1v) is 6.55. The van der Waals surface area contributed by atoms with E-state index in [0.29, 0.717) is 11.4 Å². The van der Waals surface area contributed by atoms with Gasteiger partial charge in [0, 0.05) is 24.0 Å². The number of fused-ring (bicyclic) bond motifs is 1. The average molecular weight is 255 g/mol. The molecule has 1 aliphatic rings. The smallest absolute Gasteiger partial charge is 0.267 e. The summed E-state index contributed by atoms with van der Waals surface area (Å²) in [5, 5.41) is 8.85. The zero-order valence-corrected chi connectivity index (χ0v) is 11.0. The molecule has 1 N–H and O–H groups in total. The molecule has 1 aromatic heterocycles. The zero-order valence-electron chi connectivity index (χ0n) is 10.2. The van der Waals surface area contributed by atoms with Gasteiger partial charge in [-0.05, 0) is 19.3 Å². The van der Waals surface area contributed by atoms with Gasteiger partial charge in [0.15, 0.2) is 0 Å². The van der Waals surface area contributed by atoms with Crippen molar-refractivity contribution in [1.82, 2.24) is 4.90 Å². The molecule has 0 saturated carbocycles. The van der Waals surface area contributed by atoms with Crippen molar-refractivity contribution in [3.63, 3.8) is 0 Å². The van der Waals surface area contributed by atoms with Gasteiger partial charge in [0.2, 0.25) is 0 Å². The van der Waals surface area contributed by atoms with Gasteiger partial charge in [-0.2, -0.15) is 0 Å². The molecule has 2 rings (SSSR count). The highest BCUT2D eigenvalue weighted by molar-refractivity contribution is 7.14. The van der Waals surface area contributed by atoms with E-state index >= 15 is 0 Å². The molecule has 4 nitrogen and oxygen atoms in total. The van der Waals surface area contributed by atoms with Crippen LogP contribution in [0, 0.1) is 0 Å². The average Bonchev–Trinajstić information content (AvgIpc) is 2.87. The number of methoxy groups -OCH3 is 1. The molecule has 0 aromatic carbocycles. The lowest BCUT2D eigenvalue weighted by Gasteiger charge is -2.15. The SMILES string of the molecule is COc1c(C(=O)N(C)CCO)sc2c1CCC2. The first kappa shape index (κ1) is 12.4. The molecular weight excluding hydrogens is 238 g/mol. The van der Waals surface area contributed by atoms with Gasteiger partial charge in [0.05, 0.1) is 13.7 Å². The Hall–Kier alpha value is -1.07. The van der Waals surface area contributed by atoms with Crippen LogP contribution in [0.15, 0.2) is 0 Å². The number of likely N-dealkylation sites (N-methyl/N-ethyl adjacent to an activating group) is 1. The highest BCUT2D eigenvalue weighted by Gasteiger charge is 2.27. The second kappa shape index (κ2) is 5.06. The van der Waals surface area contributed by atoms with Crippen molar-refractivity contribution in [2.75, 3.05) is 27.3 Å². The van der Waals surface area contributed by atoms with Crippen LogP contribution in [-0.2, 0) is 12.8 Å². The third-order valence-corrected chi connectivity index (χ3v) is 4.31. The number of aliphatic hydroxyl groups excluding tert-OH is 1. The number of hydrogen-bond donors (Lipinski definition) is 1. The van der Waals surface area contributed by atoms with E-state index in [1.165, 1.54) is 26.7 Å². The molecule has 0 aliphatic heterocycles. The minimum Gasteiger partial charge on any atom is -0.495 e. The van der Waals surface area contributed by atoms with E-state index in [1.807, 2.05) is 0 Å². The largest absolute Gasteiger partial charge is 0.495 e. The van der Waals surface area contributed by atoms with Crippen molar-refractivity contribution < 1.29 is 14.6 Å². The lowest BCUT2D eigenvalue weighted by Crippen LogP contribution is -2.29. The first-order valence-electron chi connectivity index (χ1n) is 5.74. The number of hydrogen-bond acceptors (Lipinski definition) is 4. The van der Waals surface area contributed by atoms with E-state index in [9.17, 15) is 4.79 Å². The Morgan fingerprint density at radius 1 is 1.53 bits per heavy atom. The fraction of sp³-hybridized carbons (Fsp3) is 0.583. The normalized spacial score (nSPS) is 13.6. The van der Waals surface area contributed by atoms with Crippen LogP contribution in [-0.4, -0.2) is 43.2 Å². The third kappa shape index (κ3) is 2.17. The number of ether oxygens (including phenoxy) is 1. The van der Waals surface area contributed by atoms with Gasteiger partial charge in [-0.1, -0.05) is 0 Å². The fourth-order valence-electron chi connectivity index (χ4n) is 2.16. The minimum atomic E-state index is -0.0599. The molecule has 0 unspecified atom stereocenters. The summed E-state index contributed by atoms with van der Waals surface area (Å²) in [6, 6.07) is 0. The molecule has 0 saturated heterocycles. The molecule has 1 amide bonds. The highest BCUT2D eigenvalue weighted by Crippen LogP contribution is 2.41. The number of thiophene rings is 1. The third-order valence-electron chi connectivity index (χ3n) is 3.05. The Morgan fingerprint density at radius 3 is 2.94 bits per heavy atom. The summed E-state index contributed by atoms with van der Waals surface area (Å²) < 4.78 is 5.38. The van der Waals surface area contributed by atoms with Crippen molar-refractivity contribution in [2.45, 2.75) is 19.3 Å². The van der Waals surface area contributed by atoms with Gasteiger partial charge in [0.25, 0.3) is 5.91 Å². The second-order valence-electron chi connectivity index (χ2n) is 4.17. The van der Waals surface area contributed by atoms with Crippen molar-refractivity contribution in [2.24, 2.45) is 0 Å². The van der Waals surface area contributed by atoms with E-state index in [4.69, 9.17) is 9.84 Å². The van der Waals surface area contributed by atoms with Crippen LogP contribution in [0.2, 0.25) is 0 Å². The summed E-state index contributed by atoms with van der Waals surface area (Å²) in [4.78, 5) is 15.7. The lowest BCUT2D eigenvalue weighted by atomic mass is 10.2. The number of carbonyl (C=O) groups is 1. The highest BCUT2D eigenvalue weighted by atomic mass is 32.1. The Bertz CT molecular complexity index is 428. The molecule has 1 aliphatic carbocycles. The molecule has 0 fully saturated rings. The van der Waals surface area contributed by atoms with Crippen LogP contribution < -0.4 is 4.74 Å². The van der Waals surface area contributed by atoms with Gasteiger partial charge >= 0.3 is 0 Å². The Balaban J connectivity index is 2.29. The number of nitrogens with zero attached hydrogens (tertiary/aromatic N) is 1. The number of aliphatic hydroxyl groups is 1. The lowest BCUT2D eigenvalue weighted by molar-refractivity contribution is 0.0768. The molecular formula is C12H17NO3S. The predicted octanol–water partition coefficient (Wildman–Crippen LogP) is 1.31. The van der Waals surface area contributed by atoms with Crippen LogP contribution in [0.5, 0.6) is 5.75 Å². The van der Waals surface area contributed by atoms with Gasteiger partial charge in [-0.15, -0.1) is 11.3 Å². The van der Waals surface area contributed by atoms with Gasteiger partial charge in [-0.25, -0.2) is 0 Å². The molecule has 5 heteroatoms. The zero-order chi connectivity index (χ0) is 12.4. The van der Waals surface area contributed by atoms with E-state index < -0.39 is 0 Å². The quantitative estimate of drug-likeness (QED) is 0.882. The molecule has 1 heterocycles. The second-order valence-corrected chi connectivity index (χ2v) is 5.28. The van der Waals surface area contributed by atoms with Crippen molar-refractivity contribution in [3.05, 3.63) is 15.3 Å². The maximum absolute atomic E-state index is 12.2. The molecule has 17 heavy (non-hydrogen) atoms. The molecule has 0 spiro atoms. The summed E-state index contributed by atoms with van der Waals surface area (Å²) in [6.07, 6.45) is 3.21. The number of carbonyl (C=O) groups excluding carboxylic acids is 1. The molecule has 94 valence electrons. The van der Waals surface area contributed by atoms with E-state index in [1.54, 1.807) is 14.2 Å². The van der Waals surface area contributed by atoms with Gasteiger partial charge < -0.3 is 14.7 Å². The van der Waals surface area contributed by atoms with Crippen LogP contribution >= 0.6 is 11.3 Å². The summed E-state index contributed by atoms with van der Waals surface area (Å²) in [6.45, 7) is 0.334. The number of aryl methyl sites for hydroxylation is 1. The standard InChI is InChI=1S/C12H17NO3S/c1-13(6-7-14)12(15)11-10(16-2)8-4-3-5-9(8)17-11/h14H,3-7H2,1-2H3. The minimum absolute atomic E-state index is 0.0182. The Morgan fingerprint density at radius 2 is 2.29 bits per heavy atom. The van der Waals surface area contributed by atoms with Crippen molar-refractivity contribution >= 4 is 17.2 Å². The first-order chi connectivity index (χ1) is 8.19. The van der Waals surface area contributed by atoms with Crippen LogP contribution in [0.25, 0.3) is 0 Å². The van der Waals surface area contributed by atoms with E-state index in [0.717, 1.165) is 25.0 Å². The van der Waals surface area contributed by atoms with Crippen molar-refractivity contribution in [1.29, 1.82) is 0 Å². The molecule has 0 radical (unpaired) electrons. The van der Waals surface area contributed by atoms with Crippen LogP contribution in [0.3, 0.4) is 0 Å². The van der Waals surface area contributed by atoms with Crippen LogP contribution in [0.1, 0.15) is 26.5 Å². The monoisotopic (exact) mass is 255 g/mol. The summed E-state index contributed by atoms with van der Waals surface area (Å²) in [7, 11) is 3.31. The van der Waals surface area contributed by atoms with Gasteiger partial charge in [-0.3, -0.25) is 4.79 Å². The van der Waals surface area contributed by atoms with E-state index in [2.05, 4.69) is 0 Å². The summed E-state index contributed by atoms with van der Waals surface area (Å²) >= 11 is 1.54. The molecule has 0 bridgehead atoms. The van der Waals surface area contributed by atoms with Crippen LogP contribution in [0.4, 0.5) is 0 Å². The Labute approximate surface area is 105 Å². The summed E-state index contributed by atoms with van der Waals surface area (Å²) in [5.74, 6) is 0.688. The topological polar surface area (TPSA) is 49.8 Å². The van der Waals surface area contributed by atoms with Crippen molar-refractivity contribution in [3.8, 4) is 5.75 Å². The van der Waals surface area contributed by atoms with E-state index in [-0.39, 0.29) is 12.5 Å². The Kier molecular flexibility index (Phi) is 3.69. The summed E-state index contributed by atoms with van der Waals surface area (Å²) in [5.41, 5.74) is 1.21. The predicted molar refractivity (Wildman–Crippen MR) is 66.9 cm³/mol. The van der Waals surface area contributed by atoms with Gasteiger partial charge in [0.1, 0.15) is 10.6 Å². The molecule has 0 atom stereocenters. The number of rotatable bonds is 4. The molecule has 1 aromatic rings. The fourth-order valence-corrected chi connectivity index (χ4v) is 3.51. The number of amides is 1.